The summed E-state index contributed by atoms with van der Waals surface area (Å²) < 4.78 is 7.14. The number of aromatic nitrogens is 2. The van der Waals surface area contributed by atoms with Crippen LogP contribution in [0.4, 0.5) is 0 Å². The lowest BCUT2D eigenvalue weighted by molar-refractivity contribution is -0.138. The molecule has 33 heavy (non-hydrogen) atoms. The van der Waals surface area contributed by atoms with E-state index >= 15 is 0 Å². The number of fused-ring (bicyclic) bond motifs is 1. The summed E-state index contributed by atoms with van der Waals surface area (Å²) >= 11 is 12.8. The van der Waals surface area contributed by atoms with Gasteiger partial charge >= 0.3 is 5.97 Å². The van der Waals surface area contributed by atoms with Crippen LogP contribution in [0.1, 0.15) is 42.5 Å². The Hall–Kier alpha value is -3.48. The smallest absolute Gasteiger partial charge is 0.325 e. The van der Waals surface area contributed by atoms with Crippen LogP contribution in [0.3, 0.4) is 0 Å². The van der Waals surface area contributed by atoms with Gasteiger partial charge in [0.05, 0.1) is 22.0 Å². The number of pyridine rings is 1. The largest absolute Gasteiger partial charge is 0.505 e. The monoisotopic (exact) mass is 490 g/mol. The van der Waals surface area contributed by atoms with Crippen molar-refractivity contribution in [1.82, 2.24) is 14.9 Å². The number of hydrogen-bond donors (Lipinski definition) is 3. The molecule has 3 aromatic rings. The lowest BCUT2D eigenvalue weighted by Crippen LogP contribution is -2.38. The molecule has 0 aliphatic rings. The third-order valence-corrected chi connectivity index (χ3v) is 5.59. The number of rotatable bonds is 7. The number of aromatic hydroxyl groups is 1. The first kappa shape index (κ1) is 24.2. The minimum atomic E-state index is -1.28. The Morgan fingerprint density at radius 1 is 1.24 bits per heavy atom. The Kier molecular flexibility index (Phi) is 7.01. The number of hydrogen-bond acceptors (Lipinski definition) is 6. The van der Waals surface area contributed by atoms with Crippen LogP contribution in [0.5, 0.6) is 11.5 Å². The number of nitrogens with zero attached hydrogens (tertiary/aromatic N) is 3. The number of carbonyl (C=O) groups excluding carboxylic acids is 1. The fourth-order valence-corrected chi connectivity index (χ4v) is 3.72. The van der Waals surface area contributed by atoms with Gasteiger partial charge in [-0.2, -0.15) is 5.26 Å². The molecule has 2 aromatic heterocycles. The van der Waals surface area contributed by atoms with Crippen molar-refractivity contribution in [1.29, 1.82) is 5.26 Å². The van der Waals surface area contributed by atoms with E-state index in [1.807, 2.05) is 32.0 Å². The molecule has 3 N–H and O–H groups in total. The van der Waals surface area contributed by atoms with Gasteiger partial charge in [0.25, 0.3) is 5.91 Å². The molecule has 0 saturated heterocycles. The molecule has 1 atom stereocenters. The van der Waals surface area contributed by atoms with E-state index in [0.717, 1.165) is 5.56 Å². The Bertz CT molecular complexity index is 1280. The van der Waals surface area contributed by atoms with Crippen molar-refractivity contribution in [3.8, 4) is 17.6 Å². The summed E-state index contributed by atoms with van der Waals surface area (Å²) in [6.07, 6.45) is 0.0228. The van der Waals surface area contributed by atoms with E-state index in [1.54, 1.807) is 12.1 Å². The Morgan fingerprint density at radius 2 is 1.88 bits per heavy atom. The number of nitriles is 1. The highest BCUT2D eigenvalue weighted by Crippen LogP contribution is 2.42. The zero-order valence-electron chi connectivity index (χ0n) is 17.9. The standard InChI is InChI=1S/C22H20Cl2N4O5/c1-10(2)33-13-6-4-12(5-7-13)9-28-18-14(8-25)27-17(21(30)26-11(3)22(31)32)19(29)15(18)16(23)20(28)24/h4-7,10-11,29H,9H2,1-3H3,(H,26,30)(H,31,32). The second kappa shape index (κ2) is 9.57. The van der Waals surface area contributed by atoms with E-state index in [4.69, 9.17) is 33.0 Å². The molecule has 1 amide bonds. The Balaban J connectivity index is 2.09. The number of carbonyl (C=O) groups is 2. The van der Waals surface area contributed by atoms with Crippen LogP contribution in [0.25, 0.3) is 10.9 Å². The molecule has 9 nitrogen and oxygen atoms in total. The molecule has 172 valence electrons. The number of aliphatic carboxylic acids is 1. The van der Waals surface area contributed by atoms with Crippen LogP contribution >= 0.6 is 23.2 Å². The molecule has 1 unspecified atom stereocenters. The minimum Gasteiger partial charge on any atom is -0.505 e. The fourth-order valence-electron chi connectivity index (χ4n) is 3.20. The molecular formula is C22H20Cl2N4O5. The van der Waals surface area contributed by atoms with Crippen molar-refractivity contribution < 1.29 is 24.5 Å². The molecule has 11 heteroatoms. The molecule has 0 aliphatic heterocycles. The van der Waals surface area contributed by atoms with Gasteiger partial charge in [0.15, 0.2) is 17.1 Å². The molecule has 3 rings (SSSR count). The Morgan fingerprint density at radius 3 is 2.42 bits per heavy atom. The predicted octanol–water partition coefficient (Wildman–Crippen LogP) is 3.96. The van der Waals surface area contributed by atoms with Gasteiger partial charge in [-0.25, -0.2) is 4.98 Å². The molecule has 0 bridgehead atoms. The maximum absolute atomic E-state index is 12.5. The Labute approximate surface area is 199 Å². The molecule has 0 aliphatic carbocycles. The van der Waals surface area contributed by atoms with Crippen LogP contribution in [0.2, 0.25) is 10.2 Å². The van der Waals surface area contributed by atoms with E-state index in [9.17, 15) is 20.0 Å². The molecule has 0 fully saturated rings. The van der Waals surface area contributed by atoms with Crippen LogP contribution in [0, 0.1) is 11.3 Å². The summed E-state index contributed by atoms with van der Waals surface area (Å²) in [6, 6.07) is 7.88. The minimum absolute atomic E-state index is 0.0228. The normalized spacial score (nSPS) is 11.9. The van der Waals surface area contributed by atoms with Crippen LogP contribution in [-0.2, 0) is 11.3 Å². The zero-order valence-corrected chi connectivity index (χ0v) is 19.4. The van der Waals surface area contributed by atoms with Gasteiger partial charge < -0.3 is 24.8 Å². The van der Waals surface area contributed by atoms with Crippen molar-refractivity contribution in [2.45, 2.75) is 39.5 Å². The second-order valence-corrected chi connectivity index (χ2v) is 8.26. The summed E-state index contributed by atoms with van der Waals surface area (Å²) in [5, 5.41) is 31.6. The second-order valence-electron chi connectivity index (χ2n) is 7.53. The van der Waals surface area contributed by atoms with Gasteiger partial charge in [0, 0.05) is 6.54 Å². The lowest BCUT2D eigenvalue weighted by Gasteiger charge is -2.13. The molecule has 2 heterocycles. The third-order valence-electron chi connectivity index (χ3n) is 4.73. The molecule has 0 saturated carbocycles. The third kappa shape index (κ3) is 4.82. The van der Waals surface area contributed by atoms with E-state index in [1.165, 1.54) is 11.5 Å². The van der Waals surface area contributed by atoms with E-state index in [0.29, 0.717) is 5.75 Å². The van der Waals surface area contributed by atoms with Crippen LogP contribution < -0.4 is 10.1 Å². The lowest BCUT2D eigenvalue weighted by atomic mass is 10.1. The highest BCUT2D eigenvalue weighted by Gasteiger charge is 2.28. The highest BCUT2D eigenvalue weighted by molar-refractivity contribution is 6.46. The molecule has 1 aromatic carbocycles. The van der Waals surface area contributed by atoms with E-state index in [2.05, 4.69) is 10.3 Å². The summed E-state index contributed by atoms with van der Waals surface area (Å²) in [4.78, 5) is 27.5. The fraction of sp³-hybridized carbons (Fsp3) is 0.273. The summed E-state index contributed by atoms with van der Waals surface area (Å²) in [6.45, 7) is 5.28. The van der Waals surface area contributed by atoms with Gasteiger partial charge in [0.2, 0.25) is 0 Å². The zero-order chi connectivity index (χ0) is 24.4. The van der Waals surface area contributed by atoms with E-state index < -0.39 is 29.4 Å². The van der Waals surface area contributed by atoms with Gasteiger partial charge in [0.1, 0.15) is 23.0 Å². The van der Waals surface area contributed by atoms with Crippen molar-refractivity contribution in [3.63, 3.8) is 0 Å². The number of ether oxygens (including phenoxy) is 1. The number of halogens is 2. The first-order valence-electron chi connectivity index (χ1n) is 9.84. The summed E-state index contributed by atoms with van der Waals surface area (Å²) in [5.41, 5.74) is 0.222. The number of carboxylic acid groups (broad SMARTS) is 1. The maximum atomic E-state index is 12.5. The predicted molar refractivity (Wildman–Crippen MR) is 122 cm³/mol. The quantitative estimate of drug-likeness (QED) is 0.455. The SMILES string of the molecule is CC(C)Oc1ccc(Cn2c(Cl)c(Cl)c3c(O)c(C(=O)NC(C)C(=O)O)nc(C#N)c32)cc1. The average Bonchev–Trinajstić information content (AvgIpc) is 3.00. The van der Waals surface area contributed by atoms with Gasteiger partial charge in [-0.05, 0) is 38.5 Å². The molecule has 0 spiro atoms. The number of amides is 1. The van der Waals surface area contributed by atoms with Crippen molar-refractivity contribution in [2.75, 3.05) is 0 Å². The van der Waals surface area contributed by atoms with Gasteiger partial charge in [-0.1, -0.05) is 35.3 Å². The van der Waals surface area contributed by atoms with Crippen LogP contribution in [-0.4, -0.2) is 43.8 Å². The first-order valence-corrected chi connectivity index (χ1v) is 10.6. The summed E-state index contributed by atoms with van der Waals surface area (Å²) in [7, 11) is 0. The summed E-state index contributed by atoms with van der Waals surface area (Å²) in [5.74, 6) is -2.16. The highest BCUT2D eigenvalue weighted by atomic mass is 35.5. The average molecular weight is 491 g/mol. The van der Waals surface area contributed by atoms with Gasteiger partial charge in [-0.15, -0.1) is 0 Å². The van der Waals surface area contributed by atoms with E-state index in [-0.39, 0.29) is 39.4 Å². The topological polar surface area (TPSA) is 137 Å². The molecule has 0 radical (unpaired) electrons. The maximum Gasteiger partial charge on any atom is 0.325 e. The van der Waals surface area contributed by atoms with Crippen LogP contribution in [0.15, 0.2) is 24.3 Å². The van der Waals surface area contributed by atoms with Crippen molar-refractivity contribution >= 4 is 46.0 Å². The van der Waals surface area contributed by atoms with Crippen molar-refractivity contribution in [2.24, 2.45) is 0 Å². The van der Waals surface area contributed by atoms with Gasteiger partial charge in [-0.3, -0.25) is 9.59 Å². The van der Waals surface area contributed by atoms with Crippen molar-refractivity contribution in [3.05, 3.63) is 51.4 Å². The number of benzene rings is 1. The molecular weight excluding hydrogens is 471 g/mol. The number of carboxylic acids is 1. The number of nitrogens with one attached hydrogen (secondary N) is 1. The first-order chi connectivity index (χ1) is 15.5.